The van der Waals surface area contributed by atoms with Gasteiger partial charge < -0.3 is 10.1 Å². The summed E-state index contributed by atoms with van der Waals surface area (Å²) in [7, 11) is 0. The fourth-order valence-corrected chi connectivity index (χ4v) is 4.19. The molecule has 10 heteroatoms. The van der Waals surface area contributed by atoms with Gasteiger partial charge in [0, 0.05) is 0 Å². The zero-order valence-electron chi connectivity index (χ0n) is 16.2. The van der Waals surface area contributed by atoms with Crippen LogP contribution in [0.3, 0.4) is 0 Å². The summed E-state index contributed by atoms with van der Waals surface area (Å²) in [5, 5.41) is 17.3. The van der Waals surface area contributed by atoms with E-state index < -0.39 is 5.97 Å². The monoisotopic (exact) mass is 411 g/mol. The van der Waals surface area contributed by atoms with Gasteiger partial charge in [0.15, 0.2) is 0 Å². The molecule has 2 aromatic rings. The molecule has 2 heterocycles. The smallest absolute Gasteiger partial charge is 0.341 e. The summed E-state index contributed by atoms with van der Waals surface area (Å²) < 4.78 is 6.83. The van der Waals surface area contributed by atoms with Crippen molar-refractivity contribution in [1.82, 2.24) is 20.2 Å². The Morgan fingerprint density at radius 2 is 2.07 bits per heavy atom. The van der Waals surface area contributed by atoms with Crippen LogP contribution in [0.25, 0.3) is 0 Å². The van der Waals surface area contributed by atoms with Crippen LogP contribution in [0.1, 0.15) is 56.6 Å². The predicted molar refractivity (Wildman–Crippen MR) is 106 cm³/mol. The molecule has 27 heavy (non-hydrogen) atoms. The molecule has 1 N–H and O–H groups in total. The van der Waals surface area contributed by atoms with Crippen molar-refractivity contribution in [2.75, 3.05) is 17.7 Å². The number of hydrogen-bond donors (Lipinski definition) is 1. The van der Waals surface area contributed by atoms with E-state index in [9.17, 15) is 9.59 Å². The van der Waals surface area contributed by atoms with Crippen molar-refractivity contribution >= 4 is 40.0 Å². The van der Waals surface area contributed by atoms with Crippen LogP contribution in [0, 0.1) is 5.92 Å². The van der Waals surface area contributed by atoms with Gasteiger partial charge in [0.25, 0.3) is 0 Å². The Hall–Kier alpha value is -1.94. The van der Waals surface area contributed by atoms with Crippen LogP contribution in [0.5, 0.6) is 0 Å². The van der Waals surface area contributed by atoms with E-state index in [-0.39, 0.29) is 24.3 Å². The molecular weight excluding hydrogens is 386 g/mol. The lowest BCUT2D eigenvalue weighted by atomic mass is 10.0. The van der Waals surface area contributed by atoms with Crippen molar-refractivity contribution in [3.63, 3.8) is 0 Å². The van der Waals surface area contributed by atoms with Crippen LogP contribution >= 0.6 is 23.1 Å². The number of nitrogens with one attached hydrogen (secondary N) is 1. The first-order valence-corrected chi connectivity index (χ1v) is 10.7. The van der Waals surface area contributed by atoms with Crippen molar-refractivity contribution in [3.05, 3.63) is 16.5 Å². The van der Waals surface area contributed by atoms with Crippen LogP contribution in [0.2, 0.25) is 0 Å². The highest BCUT2D eigenvalue weighted by Gasteiger charge is 2.22. The summed E-state index contributed by atoms with van der Waals surface area (Å²) in [6.45, 7) is 10.2. The average molecular weight is 412 g/mol. The minimum Gasteiger partial charge on any atom is -0.462 e. The standard InChI is InChI=1S/C17H25N5O3S2/c1-6-25-16(24)14-12(7-10(2)3)8-26-15(14)18-13(23)9-27-17-19-20-21-22(17)11(4)5/h8,10-11H,6-7,9H2,1-5H3,(H,18,23). The number of tetrazole rings is 1. The molecule has 0 saturated carbocycles. The first-order chi connectivity index (χ1) is 12.8. The van der Waals surface area contributed by atoms with Crippen molar-refractivity contribution in [3.8, 4) is 0 Å². The molecule has 0 aromatic carbocycles. The lowest BCUT2D eigenvalue weighted by Crippen LogP contribution is -2.17. The Morgan fingerprint density at radius 1 is 1.33 bits per heavy atom. The van der Waals surface area contributed by atoms with Crippen LogP contribution in [0.15, 0.2) is 10.5 Å². The van der Waals surface area contributed by atoms with Gasteiger partial charge in [0.1, 0.15) is 5.00 Å². The molecule has 0 aliphatic rings. The summed E-state index contributed by atoms with van der Waals surface area (Å²) in [6, 6.07) is 0.108. The molecule has 0 bridgehead atoms. The zero-order chi connectivity index (χ0) is 20.0. The number of amides is 1. The summed E-state index contributed by atoms with van der Waals surface area (Å²) in [6.07, 6.45) is 0.748. The minimum atomic E-state index is -0.402. The van der Waals surface area contributed by atoms with E-state index in [1.165, 1.54) is 23.1 Å². The van der Waals surface area contributed by atoms with E-state index in [4.69, 9.17) is 4.74 Å². The lowest BCUT2D eigenvalue weighted by molar-refractivity contribution is -0.113. The highest BCUT2D eigenvalue weighted by molar-refractivity contribution is 7.99. The molecule has 2 rings (SSSR count). The summed E-state index contributed by atoms with van der Waals surface area (Å²) in [5.41, 5.74) is 1.36. The average Bonchev–Trinajstić information content (AvgIpc) is 3.20. The van der Waals surface area contributed by atoms with Crippen LogP contribution < -0.4 is 5.32 Å². The summed E-state index contributed by atoms with van der Waals surface area (Å²) in [5.74, 6) is -0.0862. The van der Waals surface area contributed by atoms with Gasteiger partial charge in [-0.25, -0.2) is 9.48 Å². The number of aromatic nitrogens is 4. The Kier molecular flexibility index (Phi) is 7.78. The topological polar surface area (TPSA) is 99.0 Å². The van der Waals surface area contributed by atoms with Crippen molar-refractivity contribution < 1.29 is 14.3 Å². The van der Waals surface area contributed by atoms with E-state index in [0.717, 1.165) is 12.0 Å². The fraction of sp³-hybridized carbons (Fsp3) is 0.588. The van der Waals surface area contributed by atoms with E-state index in [1.807, 2.05) is 19.2 Å². The molecule has 0 aliphatic heterocycles. The first kappa shape index (κ1) is 21.4. The second kappa shape index (κ2) is 9.84. The van der Waals surface area contributed by atoms with E-state index in [2.05, 4.69) is 34.7 Å². The van der Waals surface area contributed by atoms with Gasteiger partial charge in [-0.05, 0) is 54.5 Å². The van der Waals surface area contributed by atoms with Gasteiger partial charge in [-0.3, -0.25) is 4.79 Å². The quantitative estimate of drug-likeness (QED) is 0.498. The maximum Gasteiger partial charge on any atom is 0.341 e. The highest BCUT2D eigenvalue weighted by atomic mass is 32.2. The van der Waals surface area contributed by atoms with Crippen molar-refractivity contribution in [2.45, 2.75) is 52.2 Å². The third kappa shape index (κ3) is 5.77. The maximum absolute atomic E-state index is 12.4. The molecule has 0 fully saturated rings. The zero-order valence-corrected chi connectivity index (χ0v) is 17.8. The van der Waals surface area contributed by atoms with Gasteiger partial charge >= 0.3 is 5.97 Å². The molecule has 0 saturated heterocycles. The predicted octanol–water partition coefficient (Wildman–Crippen LogP) is 3.42. The lowest BCUT2D eigenvalue weighted by Gasteiger charge is -2.10. The fourth-order valence-electron chi connectivity index (χ4n) is 2.40. The number of hydrogen-bond acceptors (Lipinski definition) is 8. The third-order valence-electron chi connectivity index (χ3n) is 3.51. The third-order valence-corrected chi connectivity index (χ3v) is 5.39. The van der Waals surface area contributed by atoms with E-state index in [1.54, 1.807) is 11.6 Å². The number of ether oxygens (including phenoxy) is 1. The van der Waals surface area contributed by atoms with Gasteiger partial charge in [-0.1, -0.05) is 25.6 Å². The molecule has 1 amide bonds. The molecule has 0 spiro atoms. The number of carbonyl (C=O) groups is 2. The van der Waals surface area contributed by atoms with Gasteiger partial charge in [-0.2, -0.15) is 0 Å². The normalized spacial score (nSPS) is 11.2. The van der Waals surface area contributed by atoms with Crippen molar-refractivity contribution in [2.24, 2.45) is 5.92 Å². The Morgan fingerprint density at radius 3 is 2.70 bits per heavy atom. The minimum absolute atomic E-state index is 0.108. The second-order valence-corrected chi connectivity index (χ2v) is 8.44. The molecule has 0 aliphatic carbocycles. The van der Waals surface area contributed by atoms with E-state index >= 15 is 0 Å². The second-order valence-electron chi connectivity index (χ2n) is 6.62. The molecule has 0 unspecified atom stereocenters. The Bertz CT molecular complexity index is 785. The summed E-state index contributed by atoms with van der Waals surface area (Å²) in [4.78, 5) is 24.8. The Labute approximate surface area is 167 Å². The summed E-state index contributed by atoms with van der Waals surface area (Å²) >= 11 is 2.60. The number of anilines is 1. The highest BCUT2D eigenvalue weighted by Crippen LogP contribution is 2.31. The SMILES string of the molecule is CCOC(=O)c1c(CC(C)C)csc1NC(=O)CSc1nnnn1C(C)C. The number of nitrogens with zero attached hydrogens (tertiary/aromatic N) is 4. The number of esters is 1. The van der Waals surface area contributed by atoms with Crippen LogP contribution in [-0.2, 0) is 16.0 Å². The van der Waals surface area contributed by atoms with Crippen LogP contribution in [0.4, 0.5) is 5.00 Å². The van der Waals surface area contributed by atoms with Gasteiger partial charge in [0.05, 0.1) is 24.0 Å². The Balaban J connectivity index is 2.09. The molecule has 0 atom stereocenters. The molecule has 2 aromatic heterocycles. The number of carbonyl (C=O) groups excluding carboxylic acids is 2. The first-order valence-electron chi connectivity index (χ1n) is 8.81. The molecule has 148 valence electrons. The number of thioether (sulfide) groups is 1. The van der Waals surface area contributed by atoms with Crippen LogP contribution in [-0.4, -0.2) is 44.4 Å². The number of thiophene rings is 1. The molecule has 8 nitrogen and oxygen atoms in total. The van der Waals surface area contributed by atoms with Gasteiger partial charge in [0.2, 0.25) is 11.1 Å². The molecular formula is C17H25N5O3S2. The van der Waals surface area contributed by atoms with E-state index in [0.29, 0.717) is 21.6 Å². The largest absolute Gasteiger partial charge is 0.462 e. The molecule has 0 radical (unpaired) electrons. The van der Waals surface area contributed by atoms with Crippen molar-refractivity contribution in [1.29, 1.82) is 0 Å². The maximum atomic E-state index is 12.4. The van der Waals surface area contributed by atoms with Gasteiger partial charge in [-0.15, -0.1) is 16.4 Å². The number of rotatable bonds is 9.